The predicted molar refractivity (Wildman–Crippen MR) is 258 cm³/mol. The maximum atomic E-state index is 13.3. The van der Waals surface area contributed by atoms with E-state index in [-0.39, 0.29) is 96.6 Å². The van der Waals surface area contributed by atoms with E-state index < -0.39 is 0 Å². The maximum Gasteiger partial charge on any atom is 3.00 e. The Morgan fingerprint density at radius 3 is 0.886 bits per heavy atom. The van der Waals surface area contributed by atoms with Gasteiger partial charge in [-0.3, -0.25) is 14.4 Å². The Morgan fingerprint density at radius 2 is 0.657 bits per heavy atom. The molecule has 0 aliphatic heterocycles. The fourth-order valence-electron chi connectivity index (χ4n) is 6.42. The van der Waals surface area contributed by atoms with Gasteiger partial charge in [-0.2, -0.15) is 0 Å². The first-order chi connectivity index (χ1) is 32.8. The number of hydrogen-bond donors (Lipinski definition) is 0. The molecule has 0 spiro atoms. The van der Waals surface area contributed by atoms with Crippen molar-refractivity contribution in [1.82, 2.24) is 9.97 Å². The summed E-state index contributed by atoms with van der Waals surface area (Å²) in [7, 11) is 0. The molecule has 357 valence electrons. The predicted octanol–water partition coefficient (Wildman–Crippen LogP) is 11.2. The zero-order valence-corrected chi connectivity index (χ0v) is 40.2. The topological polar surface area (TPSA) is 146 Å². The number of halogens is 4. The smallest absolute Gasteiger partial charge is 0.876 e. The molecule has 2 heterocycles. The molecule has 0 saturated carbocycles. The molecule has 70 heavy (non-hydrogen) atoms. The van der Waals surface area contributed by atoms with Crippen molar-refractivity contribution in [2.24, 2.45) is 0 Å². The Kier molecular flexibility index (Phi) is 22.4. The number of para-hydroxylation sites is 2. The molecule has 13 heteroatoms. The van der Waals surface area contributed by atoms with Crippen LogP contribution in [0.25, 0.3) is 66.6 Å². The first-order valence-electron chi connectivity index (χ1n) is 21.2. The molecule has 1 radical (unpaired) electrons. The van der Waals surface area contributed by atoms with Crippen LogP contribution in [0.4, 0.5) is 17.6 Å². The monoisotopic (exact) mass is 1030 g/mol. The second-order valence-electron chi connectivity index (χ2n) is 15.4. The Labute approximate surface area is 416 Å². The van der Waals surface area contributed by atoms with Crippen molar-refractivity contribution in [3.8, 4) is 44.8 Å². The van der Waals surface area contributed by atoms with Crippen LogP contribution in [0, 0.1) is 23.3 Å². The number of rotatable bonds is 10. The zero-order chi connectivity index (χ0) is 50.6. The van der Waals surface area contributed by atoms with E-state index in [0.29, 0.717) is 0 Å². The summed E-state index contributed by atoms with van der Waals surface area (Å²) in [5.74, 6) is -2.45. The van der Waals surface area contributed by atoms with Crippen LogP contribution >= 0.6 is 0 Å². The fourth-order valence-corrected chi connectivity index (χ4v) is 6.42. The van der Waals surface area contributed by atoms with Gasteiger partial charge >= 0.3 is 19.5 Å². The Balaban J connectivity index is 0.000000263. The Morgan fingerprint density at radius 1 is 0.414 bits per heavy atom. The van der Waals surface area contributed by atoms with Crippen molar-refractivity contribution in [1.29, 1.82) is 0 Å². The number of allylic oxidation sites excluding steroid dienone is 3. The number of ketones is 3. The second-order valence-corrected chi connectivity index (χ2v) is 15.4. The normalized spacial score (nSPS) is 9.93. The molecule has 8 rings (SSSR count). The summed E-state index contributed by atoms with van der Waals surface area (Å²) in [6.07, 6.45) is -0.0833. The van der Waals surface area contributed by atoms with Gasteiger partial charge in [-0.1, -0.05) is 60.7 Å². The van der Waals surface area contributed by atoms with Gasteiger partial charge in [0.2, 0.25) is 0 Å². The third-order valence-electron chi connectivity index (χ3n) is 9.33. The number of fused-ring (bicyclic) bond motifs is 2. The second kappa shape index (κ2) is 27.8. The molecule has 0 fully saturated rings. The molecule has 0 amide bonds. The molecule has 0 N–H and O–H groups in total. The molecule has 2 aromatic heterocycles. The van der Waals surface area contributed by atoms with Gasteiger partial charge in [0.25, 0.3) is 0 Å². The minimum Gasteiger partial charge on any atom is -0.876 e. The molecule has 0 atom stereocenters. The van der Waals surface area contributed by atoms with E-state index in [9.17, 15) is 47.3 Å². The molecular weight excluding hydrogens is 986 g/mol. The molecule has 8 nitrogen and oxygen atoms in total. The molecular formula is C57H47F4N2O6Ru. The van der Waals surface area contributed by atoms with Crippen LogP contribution in [0.1, 0.15) is 40.0 Å². The van der Waals surface area contributed by atoms with E-state index >= 15 is 0 Å². The number of nitrogens with zero attached hydrogens (tertiary/aromatic N) is 2. The van der Waals surface area contributed by atoms with Crippen LogP contribution < -0.4 is 15.3 Å². The minimum absolute atomic E-state index is 0. The van der Waals surface area contributed by atoms with Gasteiger partial charge in [0, 0.05) is 52.3 Å². The number of Topliss-reactive ketones (excluding diaryl/α,β-unsaturated/α-hetero) is 3. The van der Waals surface area contributed by atoms with Crippen LogP contribution in [0.3, 0.4) is 0 Å². The van der Waals surface area contributed by atoms with E-state index in [1.807, 2.05) is 60.7 Å². The van der Waals surface area contributed by atoms with Crippen LogP contribution in [-0.2, 0) is 33.9 Å². The van der Waals surface area contributed by atoms with Crippen molar-refractivity contribution in [2.45, 2.75) is 40.0 Å². The minimum atomic E-state index is -0.312. The fraction of sp³-hybridized carbons (Fsp3) is 0.105. The largest absolute Gasteiger partial charge is 3.00 e. The standard InChI is InChI=1S/2C21H13F2N.3C5H8O2.Ru/c2*22-17-9-5-14(6-10-17)19-13-16-3-1-2-4-20(16)24-21(19)15-7-11-18(23)12-8-15;3*1-4(6)3-5(2)7;/h2*1-13H;3*6H,1,3H2,2H3;/q;;;;;+3/p-3. The van der Waals surface area contributed by atoms with Gasteiger partial charge in [-0.25, -0.2) is 27.5 Å². The van der Waals surface area contributed by atoms with Gasteiger partial charge in [0.05, 0.1) is 22.4 Å². The number of pyridine rings is 2. The number of carbonyl (C=O) groups is 3. The van der Waals surface area contributed by atoms with E-state index in [2.05, 4.69) is 19.7 Å². The third-order valence-corrected chi connectivity index (χ3v) is 9.33. The van der Waals surface area contributed by atoms with Crippen molar-refractivity contribution in [2.75, 3.05) is 0 Å². The number of benzene rings is 6. The number of carbonyl (C=O) groups excluding carboxylic acids is 3. The van der Waals surface area contributed by atoms with E-state index in [1.54, 1.807) is 48.5 Å². The summed E-state index contributed by atoms with van der Waals surface area (Å²) >= 11 is 0. The molecule has 0 aliphatic carbocycles. The van der Waals surface area contributed by atoms with Gasteiger partial charge in [0.1, 0.15) is 40.6 Å². The van der Waals surface area contributed by atoms with E-state index in [4.69, 9.17) is 9.97 Å². The summed E-state index contributed by atoms with van der Waals surface area (Å²) in [4.78, 5) is 39.5. The molecule has 0 saturated heterocycles. The Hall–Kier alpha value is -7.89. The SMILES string of the molecule is C=C([O-])CC(C)=O.C=C([O-])CC(C)=O.C=C([O-])CC(C)=O.Fc1ccc(-c2cc3ccccc3nc2-c2ccc(F)cc2)cc1.Fc1ccc(-c2cc3ccccc3nc2-c2ccc(F)cc2)cc1.[Ru+3]. The summed E-state index contributed by atoms with van der Waals surface area (Å²) < 4.78 is 53.1. The maximum absolute atomic E-state index is 13.3. The van der Waals surface area contributed by atoms with Crippen LogP contribution in [-0.4, -0.2) is 27.3 Å². The van der Waals surface area contributed by atoms with Crippen molar-refractivity contribution >= 4 is 39.2 Å². The van der Waals surface area contributed by atoms with Crippen molar-refractivity contribution in [3.63, 3.8) is 0 Å². The van der Waals surface area contributed by atoms with Crippen LogP contribution in [0.15, 0.2) is 195 Å². The molecule has 6 aromatic carbocycles. The van der Waals surface area contributed by atoms with Crippen LogP contribution in [0.2, 0.25) is 0 Å². The summed E-state index contributed by atoms with van der Waals surface area (Å²) in [6.45, 7) is 13.1. The zero-order valence-electron chi connectivity index (χ0n) is 38.5. The third kappa shape index (κ3) is 18.7. The summed E-state index contributed by atoms with van der Waals surface area (Å²) in [6, 6.07) is 44.8. The van der Waals surface area contributed by atoms with Crippen LogP contribution in [0.5, 0.6) is 0 Å². The number of hydrogen-bond acceptors (Lipinski definition) is 8. The average Bonchev–Trinajstić information content (AvgIpc) is 3.29. The molecule has 0 bridgehead atoms. The van der Waals surface area contributed by atoms with Crippen molar-refractivity contribution in [3.05, 3.63) is 218 Å². The van der Waals surface area contributed by atoms with Gasteiger partial charge in [-0.15, -0.1) is 37.0 Å². The molecule has 0 unspecified atom stereocenters. The van der Waals surface area contributed by atoms with E-state index in [0.717, 1.165) is 66.6 Å². The first kappa shape index (κ1) is 56.4. The number of aromatic nitrogens is 2. The van der Waals surface area contributed by atoms with Gasteiger partial charge in [0.15, 0.2) is 0 Å². The first-order valence-corrected chi connectivity index (χ1v) is 21.2. The molecule has 8 aromatic rings. The van der Waals surface area contributed by atoms with E-state index in [1.165, 1.54) is 69.3 Å². The molecule has 0 aliphatic rings. The Bertz CT molecular complexity index is 2630. The quantitative estimate of drug-likeness (QED) is 0.0747. The summed E-state index contributed by atoms with van der Waals surface area (Å²) in [5, 5.41) is 31.8. The van der Waals surface area contributed by atoms with Crippen molar-refractivity contribution < 1.29 is 66.7 Å². The average molecular weight is 1030 g/mol. The van der Waals surface area contributed by atoms with Gasteiger partial charge in [-0.05, 0) is 129 Å². The van der Waals surface area contributed by atoms with Gasteiger partial charge < -0.3 is 15.3 Å². The summed E-state index contributed by atoms with van der Waals surface area (Å²) in [5.41, 5.74) is 8.39.